The molecule has 1 atom stereocenters. The summed E-state index contributed by atoms with van der Waals surface area (Å²) in [5, 5.41) is 15.3. The van der Waals surface area contributed by atoms with Gasteiger partial charge in [0.2, 0.25) is 0 Å². The van der Waals surface area contributed by atoms with E-state index in [9.17, 15) is 13.2 Å². The lowest BCUT2D eigenvalue weighted by Crippen LogP contribution is -2.33. The van der Waals surface area contributed by atoms with Crippen LogP contribution in [-0.2, 0) is 7.05 Å². The quantitative estimate of drug-likeness (QED) is 0.818. The van der Waals surface area contributed by atoms with E-state index in [2.05, 4.69) is 10.4 Å². The number of aromatic nitrogens is 2. The van der Waals surface area contributed by atoms with E-state index in [1.165, 1.54) is 4.68 Å². The maximum Gasteiger partial charge on any atom is 0.401 e. The molecule has 16 heavy (non-hydrogen) atoms. The highest BCUT2D eigenvalue weighted by Crippen LogP contribution is 2.19. The Bertz CT molecular complexity index is 348. The van der Waals surface area contributed by atoms with E-state index < -0.39 is 25.4 Å². The summed E-state index contributed by atoms with van der Waals surface area (Å²) in [5.41, 5.74) is 1.19. The fourth-order valence-electron chi connectivity index (χ4n) is 1.47. The molecule has 1 aromatic heterocycles. The fraction of sp³-hybridized carbons (Fsp3) is 0.667. The Labute approximate surface area is 91.1 Å². The molecule has 0 amide bonds. The van der Waals surface area contributed by atoms with Gasteiger partial charge in [-0.05, 0) is 6.92 Å². The molecule has 2 N–H and O–H groups in total. The van der Waals surface area contributed by atoms with Crippen molar-refractivity contribution in [3.05, 3.63) is 17.5 Å². The topological polar surface area (TPSA) is 50.1 Å². The van der Waals surface area contributed by atoms with Crippen molar-refractivity contribution in [1.82, 2.24) is 15.1 Å². The van der Waals surface area contributed by atoms with Gasteiger partial charge in [0, 0.05) is 18.8 Å². The van der Waals surface area contributed by atoms with Gasteiger partial charge in [-0.1, -0.05) is 0 Å². The van der Waals surface area contributed by atoms with Crippen LogP contribution in [0, 0.1) is 6.92 Å². The number of rotatable bonds is 4. The molecule has 0 saturated carbocycles. The van der Waals surface area contributed by atoms with Crippen LogP contribution in [0.15, 0.2) is 6.20 Å². The van der Waals surface area contributed by atoms with Gasteiger partial charge in [0.25, 0.3) is 0 Å². The minimum Gasteiger partial charge on any atom is -0.394 e. The van der Waals surface area contributed by atoms with Crippen molar-refractivity contribution >= 4 is 0 Å². The Morgan fingerprint density at radius 2 is 2.19 bits per heavy atom. The van der Waals surface area contributed by atoms with Crippen molar-refractivity contribution in [3.63, 3.8) is 0 Å². The van der Waals surface area contributed by atoms with E-state index in [1.807, 2.05) is 0 Å². The monoisotopic (exact) mass is 237 g/mol. The number of aliphatic hydroxyl groups excluding tert-OH is 1. The van der Waals surface area contributed by atoms with E-state index in [0.717, 1.165) is 0 Å². The number of nitrogens with zero attached hydrogens (tertiary/aromatic N) is 2. The minimum atomic E-state index is -4.29. The molecule has 1 aromatic rings. The predicted molar refractivity (Wildman–Crippen MR) is 51.8 cm³/mol. The van der Waals surface area contributed by atoms with Crippen molar-refractivity contribution in [2.24, 2.45) is 7.05 Å². The molecule has 0 bridgehead atoms. The molecule has 0 radical (unpaired) electrons. The second kappa shape index (κ2) is 4.84. The Balaban J connectivity index is 2.71. The van der Waals surface area contributed by atoms with Crippen LogP contribution >= 0.6 is 0 Å². The molecule has 0 aliphatic rings. The third-order valence-electron chi connectivity index (χ3n) is 2.16. The Hall–Kier alpha value is -1.08. The lowest BCUT2D eigenvalue weighted by Gasteiger charge is -2.16. The van der Waals surface area contributed by atoms with Crippen LogP contribution in [0.5, 0.6) is 0 Å². The second-order valence-corrected chi connectivity index (χ2v) is 3.57. The van der Waals surface area contributed by atoms with Gasteiger partial charge >= 0.3 is 6.18 Å². The van der Waals surface area contributed by atoms with E-state index >= 15 is 0 Å². The predicted octanol–water partition coefficient (Wildman–Crippen LogP) is 0.914. The van der Waals surface area contributed by atoms with Crippen molar-refractivity contribution in [1.29, 1.82) is 0 Å². The average Bonchev–Trinajstić information content (AvgIpc) is 2.45. The number of halogens is 3. The summed E-state index contributed by atoms with van der Waals surface area (Å²) < 4.78 is 37.5. The first kappa shape index (κ1) is 13.0. The number of hydrogen-bond acceptors (Lipinski definition) is 3. The van der Waals surface area contributed by atoms with E-state index in [1.54, 1.807) is 20.2 Å². The third kappa shape index (κ3) is 3.49. The van der Waals surface area contributed by atoms with Crippen LogP contribution in [0.4, 0.5) is 13.2 Å². The van der Waals surface area contributed by atoms with Crippen molar-refractivity contribution in [2.75, 3.05) is 13.2 Å². The van der Waals surface area contributed by atoms with Gasteiger partial charge in [0.15, 0.2) is 0 Å². The maximum absolute atomic E-state index is 12.0. The summed E-state index contributed by atoms with van der Waals surface area (Å²) in [6, 6.07) is -0.740. The normalized spacial score (nSPS) is 14.1. The summed E-state index contributed by atoms with van der Waals surface area (Å²) >= 11 is 0. The highest BCUT2D eigenvalue weighted by atomic mass is 19.4. The van der Waals surface area contributed by atoms with Crippen LogP contribution in [0.1, 0.15) is 17.3 Å². The van der Waals surface area contributed by atoms with Crippen LogP contribution in [0.25, 0.3) is 0 Å². The lowest BCUT2D eigenvalue weighted by atomic mass is 10.1. The number of alkyl halides is 3. The third-order valence-corrected chi connectivity index (χ3v) is 2.16. The molecule has 7 heteroatoms. The highest BCUT2D eigenvalue weighted by Gasteiger charge is 2.29. The van der Waals surface area contributed by atoms with E-state index in [4.69, 9.17) is 5.11 Å². The standard InChI is InChI=1S/C9H14F3N3O/c1-6-7(3-15(2)14-6)8(4-16)13-5-9(10,11)12/h3,8,13,16H,4-5H2,1-2H3. The molecule has 0 aliphatic heterocycles. The number of aliphatic hydroxyl groups is 1. The van der Waals surface area contributed by atoms with E-state index in [-0.39, 0.29) is 0 Å². The summed E-state index contributed by atoms with van der Waals surface area (Å²) in [5.74, 6) is 0. The smallest absolute Gasteiger partial charge is 0.394 e. The minimum absolute atomic E-state index is 0.400. The Morgan fingerprint density at radius 1 is 1.56 bits per heavy atom. The summed E-state index contributed by atoms with van der Waals surface area (Å²) in [7, 11) is 1.68. The van der Waals surface area contributed by atoms with Gasteiger partial charge in [0.05, 0.1) is 24.9 Å². The number of aryl methyl sites for hydroxylation is 2. The van der Waals surface area contributed by atoms with Gasteiger partial charge < -0.3 is 5.11 Å². The van der Waals surface area contributed by atoms with Gasteiger partial charge in [-0.15, -0.1) is 0 Å². The molecule has 0 aromatic carbocycles. The van der Waals surface area contributed by atoms with Crippen molar-refractivity contribution in [3.8, 4) is 0 Å². The first-order valence-electron chi connectivity index (χ1n) is 4.74. The molecule has 92 valence electrons. The van der Waals surface area contributed by atoms with Crippen molar-refractivity contribution < 1.29 is 18.3 Å². The van der Waals surface area contributed by atoms with Crippen LogP contribution in [-0.4, -0.2) is 34.2 Å². The maximum atomic E-state index is 12.0. The van der Waals surface area contributed by atoms with Crippen LogP contribution in [0.3, 0.4) is 0 Å². The second-order valence-electron chi connectivity index (χ2n) is 3.57. The molecule has 0 aliphatic carbocycles. The largest absolute Gasteiger partial charge is 0.401 e. The molecule has 0 saturated heterocycles. The molecule has 4 nitrogen and oxygen atoms in total. The lowest BCUT2D eigenvalue weighted by molar-refractivity contribution is -0.126. The van der Waals surface area contributed by atoms with E-state index in [0.29, 0.717) is 11.3 Å². The highest BCUT2D eigenvalue weighted by molar-refractivity contribution is 5.20. The first-order valence-corrected chi connectivity index (χ1v) is 4.74. The first-order chi connectivity index (χ1) is 7.33. The Kier molecular flexibility index (Phi) is 3.93. The fourth-order valence-corrected chi connectivity index (χ4v) is 1.47. The number of hydrogen-bond donors (Lipinski definition) is 2. The molecular weight excluding hydrogens is 223 g/mol. The molecule has 1 rings (SSSR count). The molecule has 1 heterocycles. The molecule has 0 fully saturated rings. The van der Waals surface area contributed by atoms with Gasteiger partial charge in [0.1, 0.15) is 0 Å². The molecular formula is C9H14F3N3O. The zero-order valence-electron chi connectivity index (χ0n) is 9.04. The summed E-state index contributed by atoms with van der Waals surface area (Å²) in [6.45, 7) is 0.155. The van der Waals surface area contributed by atoms with Crippen LogP contribution < -0.4 is 5.32 Å². The SMILES string of the molecule is Cc1nn(C)cc1C(CO)NCC(F)(F)F. The van der Waals surface area contributed by atoms with Crippen molar-refractivity contribution in [2.45, 2.75) is 19.1 Å². The van der Waals surface area contributed by atoms with Crippen LogP contribution in [0.2, 0.25) is 0 Å². The van der Waals surface area contributed by atoms with Gasteiger partial charge in [-0.25, -0.2) is 0 Å². The van der Waals surface area contributed by atoms with Gasteiger partial charge in [-0.3, -0.25) is 10.00 Å². The average molecular weight is 237 g/mol. The summed E-state index contributed by atoms with van der Waals surface area (Å²) in [4.78, 5) is 0. The molecule has 1 unspecified atom stereocenters. The Morgan fingerprint density at radius 3 is 2.56 bits per heavy atom. The zero-order chi connectivity index (χ0) is 12.3. The number of nitrogens with one attached hydrogen (secondary N) is 1. The van der Waals surface area contributed by atoms with Gasteiger partial charge in [-0.2, -0.15) is 18.3 Å². The summed E-state index contributed by atoms with van der Waals surface area (Å²) in [6.07, 6.45) is -2.69. The molecule has 0 spiro atoms. The zero-order valence-corrected chi connectivity index (χ0v) is 9.04.